The third kappa shape index (κ3) is 2.53. The maximum absolute atomic E-state index is 10.2. The van der Waals surface area contributed by atoms with Gasteiger partial charge in [-0.25, -0.2) is 4.68 Å². The Morgan fingerprint density at radius 2 is 2.00 bits per heavy atom. The molecule has 4 rings (SSSR count). The molecule has 0 fully saturated rings. The maximum atomic E-state index is 10.2. The minimum atomic E-state index is -0.0874. The normalized spacial score (nSPS) is 19.9. The van der Waals surface area contributed by atoms with Gasteiger partial charge in [0.1, 0.15) is 12.1 Å². The van der Waals surface area contributed by atoms with E-state index in [4.69, 9.17) is 11.6 Å². The number of rotatable bonds is 2. The predicted molar refractivity (Wildman–Crippen MR) is 88.7 cm³/mol. The fraction of sp³-hybridized carbons (Fsp3) is 0.176. The van der Waals surface area contributed by atoms with E-state index in [1.807, 2.05) is 22.9 Å². The van der Waals surface area contributed by atoms with Gasteiger partial charge in [0.15, 0.2) is 0 Å². The molecule has 1 aliphatic heterocycles. The van der Waals surface area contributed by atoms with E-state index in [1.54, 1.807) is 24.5 Å². The number of anilines is 1. The van der Waals surface area contributed by atoms with Crippen molar-refractivity contribution in [2.45, 2.75) is 18.5 Å². The molecule has 1 aromatic heterocycles. The van der Waals surface area contributed by atoms with E-state index in [9.17, 15) is 5.11 Å². The first-order chi connectivity index (χ1) is 11.2. The predicted octanol–water partition coefficient (Wildman–Crippen LogP) is 3.78. The van der Waals surface area contributed by atoms with Gasteiger partial charge in [-0.3, -0.25) is 0 Å². The van der Waals surface area contributed by atoms with Crippen molar-refractivity contribution in [1.29, 1.82) is 0 Å². The second-order valence-electron chi connectivity index (χ2n) is 5.59. The summed E-state index contributed by atoms with van der Waals surface area (Å²) in [6.45, 7) is 0. The minimum absolute atomic E-state index is 0.0540. The van der Waals surface area contributed by atoms with Gasteiger partial charge in [0, 0.05) is 10.6 Å². The molecule has 116 valence electrons. The van der Waals surface area contributed by atoms with Crippen molar-refractivity contribution in [2.24, 2.45) is 0 Å². The van der Waals surface area contributed by atoms with Gasteiger partial charge in [0.05, 0.1) is 12.1 Å². The fourth-order valence-corrected chi connectivity index (χ4v) is 3.26. The molecular formula is C17H15ClN4O. The second-order valence-corrected chi connectivity index (χ2v) is 6.03. The van der Waals surface area contributed by atoms with Gasteiger partial charge in [-0.05, 0) is 30.2 Å². The van der Waals surface area contributed by atoms with Crippen molar-refractivity contribution < 1.29 is 5.11 Å². The average molecular weight is 327 g/mol. The number of phenols is 1. The van der Waals surface area contributed by atoms with Crippen LogP contribution >= 0.6 is 11.6 Å². The molecule has 2 aromatic carbocycles. The Kier molecular flexibility index (Phi) is 3.42. The zero-order chi connectivity index (χ0) is 15.8. The number of phenolic OH excluding ortho intramolecular Hbond substituents is 1. The molecule has 0 saturated carbocycles. The maximum Gasteiger partial charge on any atom is 0.222 e. The molecule has 2 heterocycles. The summed E-state index contributed by atoms with van der Waals surface area (Å²) < 4.78 is 1.88. The number of fused-ring (bicyclic) bond motifs is 1. The SMILES string of the molecule is Oc1ccc(Cl)cc1[C@H]1C[C@@H](c2ccccc2)n2ncnc2N1. The van der Waals surface area contributed by atoms with Crippen LogP contribution in [0.15, 0.2) is 54.9 Å². The molecule has 23 heavy (non-hydrogen) atoms. The summed E-state index contributed by atoms with van der Waals surface area (Å²) >= 11 is 6.10. The van der Waals surface area contributed by atoms with E-state index < -0.39 is 0 Å². The molecule has 0 amide bonds. The summed E-state index contributed by atoms with van der Waals surface area (Å²) in [6, 6.07) is 15.2. The van der Waals surface area contributed by atoms with Gasteiger partial charge in [0.2, 0.25) is 5.95 Å². The Morgan fingerprint density at radius 3 is 2.83 bits per heavy atom. The topological polar surface area (TPSA) is 63.0 Å². The Labute approximate surface area is 138 Å². The van der Waals surface area contributed by atoms with Crippen LogP contribution in [0.3, 0.4) is 0 Å². The van der Waals surface area contributed by atoms with Crippen LogP contribution in [-0.4, -0.2) is 19.9 Å². The molecule has 6 heteroatoms. The Hall–Kier alpha value is -2.53. The number of hydrogen-bond acceptors (Lipinski definition) is 4. The van der Waals surface area contributed by atoms with Crippen molar-refractivity contribution in [2.75, 3.05) is 5.32 Å². The van der Waals surface area contributed by atoms with Crippen molar-refractivity contribution in [3.63, 3.8) is 0 Å². The van der Waals surface area contributed by atoms with Gasteiger partial charge in [0.25, 0.3) is 0 Å². The van der Waals surface area contributed by atoms with E-state index in [0.717, 1.165) is 17.5 Å². The summed E-state index contributed by atoms with van der Waals surface area (Å²) in [6.07, 6.45) is 2.28. The summed E-state index contributed by atoms with van der Waals surface area (Å²) in [5.41, 5.74) is 1.93. The molecule has 0 unspecified atom stereocenters. The summed E-state index contributed by atoms with van der Waals surface area (Å²) in [7, 11) is 0. The Morgan fingerprint density at radius 1 is 1.17 bits per heavy atom. The quantitative estimate of drug-likeness (QED) is 0.752. The lowest BCUT2D eigenvalue weighted by atomic mass is 9.93. The third-order valence-electron chi connectivity index (χ3n) is 4.18. The average Bonchev–Trinajstić information content (AvgIpc) is 3.05. The summed E-state index contributed by atoms with van der Waals surface area (Å²) in [5, 5.41) is 18.5. The lowest BCUT2D eigenvalue weighted by Crippen LogP contribution is -2.28. The van der Waals surface area contributed by atoms with Crippen molar-refractivity contribution in [3.8, 4) is 5.75 Å². The number of benzene rings is 2. The molecule has 3 aromatic rings. The van der Waals surface area contributed by atoms with Crippen LogP contribution in [-0.2, 0) is 0 Å². The number of hydrogen-bond donors (Lipinski definition) is 2. The lowest BCUT2D eigenvalue weighted by Gasteiger charge is -2.32. The van der Waals surface area contributed by atoms with Crippen LogP contribution in [0.5, 0.6) is 5.75 Å². The van der Waals surface area contributed by atoms with Crippen LogP contribution in [0.25, 0.3) is 0 Å². The van der Waals surface area contributed by atoms with Gasteiger partial charge in [-0.1, -0.05) is 41.9 Å². The number of halogens is 1. The molecule has 0 bridgehead atoms. The van der Waals surface area contributed by atoms with Crippen molar-refractivity contribution in [3.05, 3.63) is 71.0 Å². The van der Waals surface area contributed by atoms with Gasteiger partial charge >= 0.3 is 0 Å². The number of aromatic nitrogens is 3. The van der Waals surface area contributed by atoms with Crippen LogP contribution in [0.1, 0.15) is 29.6 Å². The number of aromatic hydroxyl groups is 1. The monoisotopic (exact) mass is 326 g/mol. The lowest BCUT2D eigenvalue weighted by molar-refractivity contribution is 0.414. The zero-order valence-electron chi connectivity index (χ0n) is 12.2. The first-order valence-electron chi connectivity index (χ1n) is 7.42. The van der Waals surface area contributed by atoms with Crippen LogP contribution in [0, 0.1) is 0 Å². The van der Waals surface area contributed by atoms with Crippen molar-refractivity contribution in [1.82, 2.24) is 14.8 Å². The smallest absolute Gasteiger partial charge is 0.222 e. The third-order valence-corrected chi connectivity index (χ3v) is 4.42. The van der Waals surface area contributed by atoms with Gasteiger partial charge < -0.3 is 10.4 Å². The molecular weight excluding hydrogens is 312 g/mol. The number of nitrogens with zero attached hydrogens (tertiary/aromatic N) is 3. The highest BCUT2D eigenvalue weighted by Crippen LogP contribution is 2.40. The summed E-state index contributed by atoms with van der Waals surface area (Å²) in [5.74, 6) is 0.918. The van der Waals surface area contributed by atoms with Crippen LogP contribution in [0.2, 0.25) is 5.02 Å². The Balaban J connectivity index is 1.77. The molecule has 0 aliphatic carbocycles. The highest BCUT2D eigenvalue weighted by molar-refractivity contribution is 6.30. The highest BCUT2D eigenvalue weighted by atomic mass is 35.5. The molecule has 0 saturated heterocycles. The largest absolute Gasteiger partial charge is 0.508 e. The van der Waals surface area contributed by atoms with E-state index in [-0.39, 0.29) is 17.8 Å². The standard InChI is InChI=1S/C17H15ClN4O/c18-12-6-7-16(23)13(8-12)14-9-15(11-4-2-1-3-5-11)22-17(21-14)19-10-20-22/h1-8,10,14-15,23H,9H2,(H,19,20,21)/t14-,15+/m1/s1. The van der Waals surface area contributed by atoms with Gasteiger partial charge in [-0.15, -0.1) is 0 Å². The minimum Gasteiger partial charge on any atom is -0.508 e. The zero-order valence-corrected chi connectivity index (χ0v) is 13.0. The van der Waals surface area contributed by atoms with E-state index in [0.29, 0.717) is 11.0 Å². The molecule has 1 aliphatic rings. The first kappa shape index (κ1) is 14.1. The Bertz CT molecular complexity index is 834. The van der Waals surface area contributed by atoms with Crippen molar-refractivity contribution >= 4 is 17.5 Å². The molecule has 5 nitrogen and oxygen atoms in total. The fourth-order valence-electron chi connectivity index (χ4n) is 3.08. The van der Waals surface area contributed by atoms with Crippen LogP contribution in [0.4, 0.5) is 5.95 Å². The molecule has 0 spiro atoms. The van der Waals surface area contributed by atoms with E-state index in [2.05, 4.69) is 27.5 Å². The summed E-state index contributed by atoms with van der Waals surface area (Å²) in [4.78, 5) is 4.29. The highest BCUT2D eigenvalue weighted by Gasteiger charge is 2.31. The second kappa shape index (κ2) is 5.59. The van der Waals surface area contributed by atoms with Crippen LogP contribution < -0.4 is 5.32 Å². The first-order valence-corrected chi connectivity index (χ1v) is 7.79. The molecule has 2 N–H and O–H groups in total. The molecule has 2 atom stereocenters. The number of nitrogens with one attached hydrogen (secondary N) is 1. The van der Waals surface area contributed by atoms with E-state index >= 15 is 0 Å². The molecule has 0 radical (unpaired) electrons. The van der Waals surface area contributed by atoms with E-state index in [1.165, 1.54) is 0 Å². The van der Waals surface area contributed by atoms with Gasteiger partial charge in [-0.2, -0.15) is 10.1 Å².